The summed E-state index contributed by atoms with van der Waals surface area (Å²) in [5, 5.41) is 6.38. The third kappa shape index (κ3) is 7.82. The molecule has 1 unspecified atom stereocenters. The van der Waals surface area contributed by atoms with E-state index in [9.17, 15) is 9.59 Å². The van der Waals surface area contributed by atoms with Crippen molar-refractivity contribution in [2.24, 2.45) is 10.5 Å². The zero-order valence-corrected chi connectivity index (χ0v) is 24.4. The summed E-state index contributed by atoms with van der Waals surface area (Å²) in [5.74, 6) is 1.29. The van der Waals surface area contributed by atoms with Crippen LogP contribution in [0.4, 0.5) is 0 Å². The van der Waals surface area contributed by atoms with Crippen LogP contribution in [0.2, 0.25) is 0 Å². The van der Waals surface area contributed by atoms with E-state index in [0.717, 1.165) is 41.4 Å². The van der Waals surface area contributed by atoms with Crippen LogP contribution in [-0.2, 0) is 14.3 Å². The number of hydrogen-bond donors (Lipinski definition) is 0. The standard InChI is InChI=1S/C31H42N4O5/c1-31(2,3)21-29(36)34(15-14-33-16-18-40-19-17-33)22-30(37)35-28(24-8-12-26(39-5)13-9-24)20-27(32-35)23-6-10-25(38-4)11-7-23/h6-13,28H,14-22H2,1-5H3. The number of ether oxygens (including phenoxy) is 3. The smallest absolute Gasteiger partial charge is 0.262 e. The first-order chi connectivity index (χ1) is 19.2. The number of carbonyl (C=O) groups excluding carboxylic acids is 2. The van der Waals surface area contributed by atoms with E-state index in [4.69, 9.17) is 19.3 Å². The van der Waals surface area contributed by atoms with Crippen molar-refractivity contribution in [3.05, 3.63) is 59.7 Å². The number of rotatable bonds is 10. The molecule has 0 spiro atoms. The molecule has 2 aliphatic rings. The van der Waals surface area contributed by atoms with E-state index in [1.54, 1.807) is 24.1 Å². The molecule has 2 heterocycles. The van der Waals surface area contributed by atoms with Gasteiger partial charge in [0.05, 0.1) is 39.2 Å². The molecule has 0 radical (unpaired) electrons. The van der Waals surface area contributed by atoms with Gasteiger partial charge in [0, 0.05) is 39.0 Å². The number of methoxy groups -OCH3 is 2. The lowest BCUT2D eigenvalue weighted by atomic mass is 9.91. The molecule has 9 heteroatoms. The Labute approximate surface area is 237 Å². The van der Waals surface area contributed by atoms with Crippen LogP contribution in [0.5, 0.6) is 11.5 Å². The Hall–Kier alpha value is -3.43. The third-order valence-corrected chi connectivity index (χ3v) is 7.24. The molecule has 2 aromatic rings. The molecular weight excluding hydrogens is 508 g/mol. The first-order valence-electron chi connectivity index (χ1n) is 13.9. The second-order valence-corrected chi connectivity index (χ2v) is 11.5. The minimum Gasteiger partial charge on any atom is -0.497 e. The number of hydrogen-bond acceptors (Lipinski definition) is 7. The van der Waals surface area contributed by atoms with Gasteiger partial charge in [-0.1, -0.05) is 32.9 Å². The van der Waals surface area contributed by atoms with Gasteiger partial charge in [-0.3, -0.25) is 14.5 Å². The van der Waals surface area contributed by atoms with E-state index in [2.05, 4.69) is 4.90 Å². The van der Waals surface area contributed by atoms with Crippen molar-refractivity contribution in [3.8, 4) is 11.5 Å². The Morgan fingerprint density at radius 3 is 2.15 bits per heavy atom. The lowest BCUT2D eigenvalue weighted by molar-refractivity contribution is -0.142. The molecule has 2 aliphatic heterocycles. The summed E-state index contributed by atoms with van der Waals surface area (Å²) >= 11 is 0. The van der Waals surface area contributed by atoms with Crippen LogP contribution < -0.4 is 9.47 Å². The van der Waals surface area contributed by atoms with Gasteiger partial charge in [0.1, 0.15) is 18.0 Å². The summed E-state index contributed by atoms with van der Waals surface area (Å²) in [6, 6.07) is 15.1. The van der Waals surface area contributed by atoms with Crippen LogP contribution in [0.3, 0.4) is 0 Å². The quantitative estimate of drug-likeness (QED) is 0.445. The third-order valence-electron chi connectivity index (χ3n) is 7.24. The minimum absolute atomic E-state index is 0.0198. The number of amides is 2. The van der Waals surface area contributed by atoms with Gasteiger partial charge >= 0.3 is 0 Å². The molecule has 2 amide bonds. The van der Waals surface area contributed by atoms with Gasteiger partial charge in [0.15, 0.2) is 0 Å². The average Bonchev–Trinajstić information content (AvgIpc) is 3.40. The van der Waals surface area contributed by atoms with Gasteiger partial charge < -0.3 is 19.1 Å². The molecule has 216 valence electrons. The molecule has 40 heavy (non-hydrogen) atoms. The van der Waals surface area contributed by atoms with Gasteiger partial charge in [0.2, 0.25) is 5.91 Å². The molecule has 1 fully saturated rings. The van der Waals surface area contributed by atoms with E-state index in [-0.39, 0.29) is 29.8 Å². The number of carbonyl (C=O) groups is 2. The molecule has 0 bridgehead atoms. The first-order valence-corrected chi connectivity index (χ1v) is 13.9. The highest BCUT2D eigenvalue weighted by atomic mass is 16.5. The normalized spacial score (nSPS) is 17.9. The Balaban J connectivity index is 1.57. The average molecular weight is 551 g/mol. The van der Waals surface area contributed by atoms with Crippen molar-refractivity contribution >= 4 is 17.5 Å². The molecule has 0 aliphatic carbocycles. The van der Waals surface area contributed by atoms with E-state index in [0.29, 0.717) is 39.1 Å². The largest absolute Gasteiger partial charge is 0.497 e. The van der Waals surface area contributed by atoms with Crippen molar-refractivity contribution in [3.63, 3.8) is 0 Å². The maximum Gasteiger partial charge on any atom is 0.262 e. The number of nitrogens with zero attached hydrogens (tertiary/aromatic N) is 4. The van der Waals surface area contributed by atoms with Crippen molar-refractivity contribution in [1.29, 1.82) is 0 Å². The second kappa shape index (κ2) is 13.3. The van der Waals surface area contributed by atoms with Crippen LogP contribution >= 0.6 is 0 Å². The van der Waals surface area contributed by atoms with Crippen molar-refractivity contribution < 1.29 is 23.8 Å². The lowest BCUT2D eigenvalue weighted by Crippen LogP contribution is -2.47. The molecule has 9 nitrogen and oxygen atoms in total. The molecule has 2 aromatic carbocycles. The van der Waals surface area contributed by atoms with Crippen molar-refractivity contribution in [2.75, 3.05) is 60.2 Å². The number of benzene rings is 2. The van der Waals surface area contributed by atoms with Gasteiger partial charge in [-0.25, -0.2) is 5.01 Å². The maximum atomic E-state index is 13.9. The molecule has 1 saturated heterocycles. The van der Waals surface area contributed by atoms with Crippen LogP contribution in [0.1, 0.15) is 50.8 Å². The number of morpholine rings is 1. The Morgan fingerprint density at radius 1 is 0.975 bits per heavy atom. The molecule has 0 N–H and O–H groups in total. The summed E-state index contributed by atoms with van der Waals surface area (Å²) in [6.45, 7) is 10.3. The van der Waals surface area contributed by atoms with Crippen LogP contribution in [0.25, 0.3) is 0 Å². The van der Waals surface area contributed by atoms with Crippen molar-refractivity contribution in [2.45, 2.75) is 39.7 Å². The molecule has 0 saturated carbocycles. The van der Waals surface area contributed by atoms with E-state index >= 15 is 0 Å². The highest BCUT2D eigenvalue weighted by molar-refractivity contribution is 6.03. The van der Waals surface area contributed by atoms with Gasteiger partial charge in [-0.05, 0) is 52.9 Å². The van der Waals surface area contributed by atoms with Crippen LogP contribution in [0, 0.1) is 5.41 Å². The molecular formula is C31H42N4O5. The fourth-order valence-corrected chi connectivity index (χ4v) is 4.96. The predicted octanol–water partition coefficient (Wildman–Crippen LogP) is 3.98. The van der Waals surface area contributed by atoms with E-state index in [1.165, 1.54) is 0 Å². The predicted molar refractivity (Wildman–Crippen MR) is 155 cm³/mol. The Kier molecular flexibility index (Phi) is 9.81. The summed E-state index contributed by atoms with van der Waals surface area (Å²) in [5.41, 5.74) is 2.53. The first kappa shape index (κ1) is 29.6. The summed E-state index contributed by atoms with van der Waals surface area (Å²) < 4.78 is 16.1. The van der Waals surface area contributed by atoms with Crippen molar-refractivity contribution in [1.82, 2.24) is 14.8 Å². The summed E-state index contributed by atoms with van der Waals surface area (Å²) in [4.78, 5) is 31.3. The Morgan fingerprint density at radius 2 is 1.57 bits per heavy atom. The number of hydrazone groups is 1. The zero-order chi connectivity index (χ0) is 28.7. The molecule has 1 atom stereocenters. The van der Waals surface area contributed by atoms with Gasteiger partial charge in [-0.15, -0.1) is 0 Å². The fraction of sp³-hybridized carbons (Fsp3) is 0.516. The lowest BCUT2D eigenvalue weighted by Gasteiger charge is -2.32. The van der Waals surface area contributed by atoms with E-state index < -0.39 is 0 Å². The Bertz CT molecular complexity index is 1170. The summed E-state index contributed by atoms with van der Waals surface area (Å²) in [7, 11) is 3.26. The van der Waals surface area contributed by atoms with Crippen LogP contribution in [0.15, 0.2) is 53.6 Å². The SMILES string of the molecule is COc1ccc(C2=NN(C(=O)CN(CCN3CCOCC3)C(=O)CC(C)(C)C)C(c3ccc(OC)cc3)C2)cc1. The maximum absolute atomic E-state index is 13.9. The monoisotopic (exact) mass is 550 g/mol. The molecule has 4 rings (SSSR count). The van der Waals surface area contributed by atoms with Gasteiger partial charge in [-0.2, -0.15) is 5.10 Å². The summed E-state index contributed by atoms with van der Waals surface area (Å²) in [6.07, 6.45) is 0.930. The van der Waals surface area contributed by atoms with Gasteiger partial charge in [0.25, 0.3) is 5.91 Å². The highest BCUT2D eigenvalue weighted by Gasteiger charge is 2.35. The van der Waals surface area contributed by atoms with E-state index in [1.807, 2.05) is 69.3 Å². The highest BCUT2D eigenvalue weighted by Crippen LogP contribution is 2.34. The van der Waals surface area contributed by atoms with Crippen LogP contribution in [-0.4, -0.2) is 92.5 Å². The zero-order valence-electron chi connectivity index (χ0n) is 24.4. The second-order valence-electron chi connectivity index (χ2n) is 11.5. The minimum atomic E-state index is -0.283. The fourth-order valence-electron chi connectivity index (χ4n) is 4.96. The topological polar surface area (TPSA) is 83.9 Å². The molecule has 0 aromatic heterocycles.